The van der Waals surface area contributed by atoms with E-state index in [4.69, 9.17) is 5.11 Å². The molecule has 6 nitrogen and oxygen atoms in total. The summed E-state index contributed by atoms with van der Waals surface area (Å²) in [5.41, 5.74) is 1.78. The number of nitrogens with zero attached hydrogens (tertiary/aromatic N) is 2. The number of carboxylic acid groups (broad SMARTS) is 1. The Kier molecular flexibility index (Phi) is 4.23. The molecule has 1 aromatic heterocycles. The van der Waals surface area contributed by atoms with E-state index >= 15 is 0 Å². The maximum absolute atomic E-state index is 11.9. The van der Waals surface area contributed by atoms with Crippen molar-refractivity contribution in [2.24, 2.45) is 5.92 Å². The van der Waals surface area contributed by atoms with Gasteiger partial charge in [-0.1, -0.05) is 30.3 Å². The van der Waals surface area contributed by atoms with Crippen LogP contribution in [0, 0.1) is 5.92 Å². The summed E-state index contributed by atoms with van der Waals surface area (Å²) in [5.74, 6) is -1.04. The van der Waals surface area contributed by atoms with Gasteiger partial charge in [0.25, 0.3) is 0 Å². The quantitative estimate of drug-likeness (QED) is 0.884. The molecule has 23 heavy (non-hydrogen) atoms. The van der Waals surface area contributed by atoms with Crippen LogP contribution >= 0.6 is 0 Å². The maximum Gasteiger partial charge on any atom is 0.308 e. The van der Waals surface area contributed by atoms with Crippen molar-refractivity contribution in [1.29, 1.82) is 0 Å². The molecule has 1 aliphatic heterocycles. The summed E-state index contributed by atoms with van der Waals surface area (Å²) in [6.45, 7) is 0.865. The fraction of sp³-hybridized carbons (Fsp3) is 0.235. The van der Waals surface area contributed by atoms with Gasteiger partial charge < -0.3 is 15.3 Å². The molecule has 1 fully saturated rings. The highest BCUT2D eigenvalue weighted by atomic mass is 16.4. The Labute approximate surface area is 133 Å². The zero-order valence-corrected chi connectivity index (χ0v) is 12.5. The molecule has 6 heteroatoms. The van der Waals surface area contributed by atoms with Gasteiger partial charge in [0.1, 0.15) is 5.82 Å². The monoisotopic (exact) mass is 311 g/mol. The molecule has 2 aromatic rings. The molecule has 1 atom stereocenters. The smallest absolute Gasteiger partial charge is 0.308 e. The molecular formula is C17H17N3O3. The van der Waals surface area contributed by atoms with Gasteiger partial charge in [-0.05, 0) is 17.7 Å². The number of amides is 1. The van der Waals surface area contributed by atoms with Gasteiger partial charge >= 0.3 is 5.97 Å². The normalized spacial score (nSPS) is 17.3. The molecular weight excluding hydrogens is 294 g/mol. The number of benzene rings is 1. The Morgan fingerprint density at radius 1 is 1.26 bits per heavy atom. The molecule has 2 heterocycles. The summed E-state index contributed by atoms with van der Waals surface area (Å²) in [4.78, 5) is 28.7. The van der Waals surface area contributed by atoms with Crippen molar-refractivity contribution in [3.63, 3.8) is 0 Å². The average molecular weight is 311 g/mol. The van der Waals surface area contributed by atoms with Gasteiger partial charge in [-0.2, -0.15) is 0 Å². The Morgan fingerprint density at radius 2 is 2.04 bits per heavy atom. The number of rotatable bonds is 5. The van der Waals surface area contributed by atoms with Crippen LogP contribution in [-0.4, -0.2) is 28.5 Å². The first-order valence-corrected chi connectivity index (χ1v) is 7.40. The van der Waals surface area contributed by atoms with E-state index in [9.17, 15) is 9.59 Å². The fourth-order valence-corrected chi connectivity index (χ4v) is 2.56. The third kappa shape index (κ3) is 3.48. The topological polar surface area (TPSA) is 82.5 Å². The van der Waals surface area contributed by atoms with E-state index < -0.39 is 11.9 Å². The first kappa shape index (κ1) is 15.0. The van der Waals surface area contributed by atoms with E-state index in [0.717, 1.165) is 5.56 Å². The van der Waals surface area contributed by atoms with Crippen LogP contribution < -0.4 is 10.2 Å². The molecule has 1 aromatic carbocycles. The van der Waals surface area contributed by atoms with Gasteiger partial charge in [-0.3, -0.25) is 9.59 Å². The van der Waals surface area contributed by atoms with Crippen LogP contribution in [0.3, 0.4) is 0 Å². The van der Waals surface area contributed by atoms with Crippen molar-refractivity contribution < 1.29 is 14.7 Å². The molecule has 0 unspecified atom stereocenters. The number of hydrogen-bond acceptors (Lipinski definition) is 4. The standard InChI is InChI=1S/C17H17N3O3/c21-16-8-13(17(22)23)11-20(16)14-6-7-15(19-10-14)18-9-12-4-2-1-3-5-12/h1-7,10,13H,8-9,11H2,(H,18,19)(H,22,23)/t13-/m0/s1. The third-order valence-electron chi connectivity index (χ3n) is 3.85. The van der Waals surface area contributed by atoms with E-state index in [2.05, 4.69) is 10.3 Å². The summed E-state index contributed by atoms with van der Waals surface area (Å²) in [6.07, 6.45) is 1.64. The molecule has 0 spiro atoms. The lowest BCUT2D eigenvalue weighted by molar-refractivity contribution is -0.141. The van der Waals surface area contributed by atoms with E-state index in [-0.39, 0.29) is 18.9 Å². The SMILES string of the molecule is O=C(O)[C@H]1CC(=O)N(c2ccc(NCc3ccccc3)nc2)C1. The molecule has 3 rings (SSSR count). The zero-order valence-electron chi connectivity index (χ0n) is 12.5. The number of anilines is 2. The fourth-order valence-electron chi connectivity index (χ4n) is 2.56. The minimum atomic E-state index is -0.935. The Morgan fingerprint density at radius 3 is 2.65 bits per heavy atom. The summed E-state index contributed by atoms with van der Waals surface area (Å²) in [7, 11) is 0. The second kappa shape index (κ2) is 6.48. The highest BCUT2D eigenvalue weighted by Gasteiger charge is 2.35. The first-order valence-electron chi connectivity index (χ1n) is 7.40. The Hall–Kier alpha value is -2.89. The lowest BCUT2D eigenvalue weighted by Gasteiger charge is -2.16. The number of carboxylic acids is 1. The highest BCUT2D eigenvalue weighted by Crippen LogP contribution is 2.25. The molecule has 1 saturated heterocycles. The lowest BCUT2D eigenvalue weighted by atomic mass is 10.1. The summed E-state index contributed by atoms with van der Waals surface area (Å²) in [6, 6.07) is 13.5. The summed E-state index contributed by atoms with van der Waals surface area (Å²) >= 11 is 0. The predicted octanol–water partition coefficient (Wildman–Crippen LogP) is 2.13. The van der Waals surface area contributed by atoms with Crippen LogP contribution in [-0.2, 0) is 16.1 Å². The Balaban J connectivity index is 1.63. The minimum absolute atomic E-state index is 0.0450. The number of pyridine rings is 1. The molecule has 118 valence electrons. The third-order valence-corrected chi connectivity index (χ3v) is 3.85. The molecule has 1 aliphatic rings. The second-order valence-corrected chi connectivity index (χ2v) is 5.48. The molecule has 0 aliphatic carbocycles. The Bertz CT molecular complexity index is 701. The van der Waals surface area contributed by atoms with Gasteiger partial charge in [0, 0.05) is 19.5 Å². The van der Waals surface area contributed by atoms with Gasteiger partial charge in [0.2, 0.25) is 5.91 Å². The van der Waals surface area contributed by atoms with E-state index in [1.807, 2.05) is 30.3 Å². The number of aromatic nitrogens is 1. The highest BCUT2D eigenvalue weighted by molar-refractivity contribution is 5.99. The molecule has 1 amide bonds. The van der Waals surface area contributed by atoms with Crippen LogP contribution in [0.5, 0.6) is 0 Å². The van der Waals surface area contributed by atoms with Crippen molar-refractivity contribution in [3.8, 4) is 0 Å². The first-order chi connectivity index (χ1) is 11.1. The van der Waals surface area contributed by atoms with Crippen LogP contribution in [0.1, 0.15) is 12.0 Å². The number of carbonyl (C=O) groups is 2. The maximum atomic E-state index is 11.9. The van der Waals surface area contributed by atoms with Crippen molar-refractivity contribution >= 4 is 23.4 Å². The van der Waals surface area contributed by atoms with Gasteiger partial charge in [-0.25, -0.2) is 4.98 Å². The lowest BCUT2D eigenvalue weighted by Crippen LogP contribution is -2.25. The molecule has 0 radical (unpaired) electrons. The number of aliphatic carboxylic acids is 1. The van der Waals surface area contributed by atoms with Gasteiger partial charge in [0.15, 0.2) is 0 Å². The van der Waals surface area contributed by atoms with E-state index in [1.54, 1.807) is 18.3 Å². The van der Waals surface area contributed by atoms with E-state index in [1.165, 1.54) is 4.90 Å². The van der Waals surface area contributed by atoms with Crippen LogP contribution in [0.15, 0.2) is 48.7 Å². The van der Waals surface area contributed by atoms with E-state index in [0.29, 0.717) is 18.1 Å². The van der Waals surface area contributed by atoms with Crippen LogP contribution in [0.2, 0.25) is 0 Å². The van der Waals surface area contributed by atoms with Gasteiger partial charge in [0.05, 0.1) is 17.8 Å². The van der Waals surface area contributed by atoms with Crippen molar-refractivity contribution in [2.45, 2.75) is 13.0 Å². The summed E-state index contributed by atoms with van der Waals surface area (Å²) < 4.78 is 0. The predicted molar refractivity (Wildman–Crippen MR) is 86.1 cm³/mol. The molecule has 2 N–H and O–H groups in total. The number of hydrogen-bond donors (Lipinski definition) is 2. The second-order valence-electron chi connectivity index (χ2n) is 5.48. The van der Waals surface area contributed by atoms with Crippen molar-refractivity contribution in [2.75, 3.05) is 16.8 Å². The van der Waals surface area contributed by atoms with Crippen molar-refractivity contribution in [1.82, 2.24) is 4.98 Å². The molecule has 0 saturated carbocycles. The zero-order chi connectivity index (χ0) is 16.2. The number of nitrogens with one attached hydrogen (secondary N) is 1. The minimum Gasteiger partial charge on any atom is -0.481 e. The molecule has 0 bridgehead atoms. The van der Waals surface area contributed by atoms with Crippen molar-refractivity contribution in [3.05, 3.63) is 54.2 Å². The average Bonchev–Trinajstić information content (AvgIpc) is 2.97. The summed E-state index contributed by atoms with van der Waals surface area (Å²) in [5, 5.41) is 12.2. The number of carbonyl (C=O) groups excluding carboxylic acids is 1. The van der Waals surface area contributed by atoms with Gasteiger partial charge in [-0.15, -0.1) is 0 Å². The van der Waals surface area contributed by atoms with Crippen LogP contribution in [0.4, 0.5) is 11.5 Å². The van der Waals surface area contributed by atoms with Crippen LogP contribution in [0.25, 0.3) is 0 Å². The largest absolute Gasteiger partial charge is 0.481 e.